The van der Waals surface area contributed by atoms with Crippen LogP contribution in [0.1, 0.15) is 36.1 Å². The number of halogens is 1. The van der Waals surface area contributed by atoms with E-state index in [1.165, 1.54) is 11.1 Å². The van der Waals surface area contributed by atoms with Crippen LogP contribution in [0.15, 0.2) is 29.3 Å². The molecule has 27 heavy (non-hydrogen) atoms. The molecule has 0 amide bonds. The number of aryl methyl sites for hydroxylation is 2. The number of nitrogens with zero attached hydrogens (tertiary/aromatic N) is 4. The number of fused-ring (bicyclic) bond motifs is 1. The fourth-order valence-electron chi connectivity index (χ4n) is 3.05. The lowest BCUT2D eigenvalue weighted by Crippen LogP contribution is -2.47. The average Bonchev–Trinajstić information content (AvgIpc) is 3.03. The lowest BCUT2D eigenvalue weighted by atomic mass is 10.1. The third-order valence-corrected chi connectivity index (χ3v) is 4.40. The van der Waals surface area contributed by atoms with Crippen molar-refractivity contribution in [3.63, 3.8) is 0 Å². The molecule has 3 rings (SSSR count). The number of hydrogen-bond acceptors (Lipinski definition) is 4. The van der Waals surface area contributed by atoms with Gasteiger partial charge in [0.15, 0.2) is 11.8 Å². The Balaban J connectivity index is 0.00000261. The lowest BCUT2D eigenvalue weighted by Gasteiger charge is -2.25. The Kier molecular flexibility index (Phi) is 8.49. The van der Waals surface area contributed by atoms with E-state index in [-0.39, 0.29) is 30.0 Å². The van der Waals surface area contributed by atoms with E-state index in [2.05, 4.69) is 58.8 Å². The molecule has 0 aliphatic carbocycles. The lowest BCUT2D eigenvalue weighted by molar-refractivity contribution is 0.177. The molecule has 148 valence electrons. The zero-order valence-corrected chi connectivity index (χ0v) is 18.6. The summed E-state index contributed by atoms with van der Waals surface area (Å²) in [4.78, 5) is 9.25. The Morgan fingerprint density at radius 1 is 1.33 bits per heavy atom. The maximum Gasteiger partial charge on any atom is 0.191 e. The van der Waals surface area contributed by atoms with Crippen molar-refractivity contribution in [3.05, 3.63) is 47.0 Å². The second kappa shape index (κ2) is 10.6. The first-order chi connectivity index (χ1) is 12.7. The number of aliphatic imine (C=N–C) groups is 1. The van der Waals surface area contributed by atoms with Crippen molar-refractivity contribution in [1.29, 1.82) is 0 Å². The number of ether oxygens (including phenoxy) is 1. The number of nitrogens with one attached hydrogen (secondary N) is 2. The Hall–Kier alpha value is -1.68. The fourth-order valence-corrected chi connectivity index (χ4v) is 3.05. The van der Waals surface area contributed by atoms with Crippen LogP contribution in [-0.4, -0.2) is 40.4 Å². The van der Waals surface area contributed by atoms with Crippen LogP contribution < -0.4 is 10.6 Å². The van der Waals surface area contributed by atoms with Gasteiger partial charge in [-0.05, 0) is 25.8 Å². The molecular formula is C19H29IN6O. The van der Waals surface area contributed by atoms with Gasteiger partial charge in [0.05, 0.1) is 13.1 Å². The van der Waals surface area contributed by atoms with Crippen LogP contribution in [0.5, 0.6) is 0 Å². The van der Waals surface area contributed by atoms with Gasteiger partial charge < -0.3 is 15.4 Å². The van der Waals surface area contributed by atoms with Gasteiger partial charge in [0.2, 0.25) is 0 Å². The predicted octanol–water partition coefficient (Wildman–Crippen LogP) is 2.42. The van der Waals surface area contributed by atoms with Gasteiger partial charge in [-0.15, -0.1) is 24.0 Å². The van der Waals surface area contributed by atoms with Crippen LogP contribution in [0.3, 0.4) is 0 Å². The molecule has 1 aliphatic heterocycles. The molecule has 2 N–H and O–H groups in total. The first-order valence-corrected chi connectivity index (χ1v) is 9.20. The van der Waals surface area contributed by atoms with Crippen LogP contribution in [0.25, 0.3) is 0 Å². The molecule has 7 nitrogen and oxygen atoms in total. The van der Waals surface area contributed by atoms with Crippen LogP contribution in [0, 0.1) is 6.92 Å². The molecule has 0 radical (unpaired) electrons. The van der Waals surface area contributed by atoms with Crippen molar-refractivity contribution >= 4 is 29.9 Å². The molecule has 2 heterocycles. The number of aromatic nitrogens is 3. The zero-order chi connectivity index (χ0) is 18.4. The largest absolute Gasteiger partial charge is 0.377 e. The summed E-state index contributed by atoms with van der Waals surface area (Å²) in [5.74, 6) is 2.64. The van der Waals surface area contributed by atoms with Gasteiger partial charge in [0.1, 0.15) is 12.4 Å². The Labute approximate surface area is 178 Å². The molecule has 0 spiro atoms. The number of guanidine groups is 1. The van der Waals surface area contributed by atoms with Crippen molar-refractivity contribution in [2.24, 2.45) is 4.99 Å². The van der Waals surface area contributed by atoms with Crippen molar-refractivity contribution < 1.29 is 4.74 Å². The summed E-state index contributed by atoms with van der Waals surface area (Å²) < 4.78 is 7.11. The summed E-state index contributed by atoms with van der Waals surface area (Å²) >= 11 is 0. The van der Waals surface area contributed by atoms with Crippen molar-refractivity contribution in [2.45, 2.75) is 52.4 Å². The minimum atomic E-state index is 0. The second-order valence-electron chi connectivity index (χ2n) is 6.62. The summed E-state index contributed by atoms with van der Waals surface area (Å²) in [5.41, 5.74) is 2.47. The van der Waals surface area contributed by atoms with Gasteiger partial charge in [0, 0.05) is 26.1 Å². The van der Waals surface area contributed by atoms with E-state index < -0.39 is 0 Å². The van der Waals surface area contributed by atoms with E-state index in [0.717, 1.165) is 43.5 Å². The third kappa shape index (κ3) is 6.17. The molecular weight excluding hydrogens is 455 g/mol. The Morgan fingerprint density at radius 2 is 2.11 bits per heavy atom. The first-order valence-electron chi connectivity index (χ1n) is 9.20. The van der Waals surface area contributed by atoms with Gasteiger partial charge in [0.25, 0.3) is 0 Å². The minimum absolute atomic E-state index is 0. The topological polar surface area (TPSA) is 76.4 Å². The monoisotopic (exact) mass is 484 g/mol. The standard InChI is InChI=1S/C19H28N6O.HI/c1-4-20-19(21-11-15-7-5-14(2)6-8-15)22-16-9-10-18-23-17(13-26-3)24-25(18)12-16;/h5-8,16H,4,9-13H2,1-3H3,(H2,20,21,22);1H. The van der Waals surface area contributed by atoms with Gasteiger partial charge in [-0.2, -0.15) is 5.10 Å². The second-order valence-corrected chi connectivity index (χ2v) is 6.62. The minimum Gasteiger partial charge on any atom is -0.377 e. The number of rotatable bonds is 6. The average molecular weight is 484 g/mol. The predicted molar refractivity (Wildman–Crippen MR) is 117 cm³/mol. The third-order valence-electron chi connectivity index (χ3n) is 4.40. The Bertz CT molecular complexity index is 743. The van der Waals surface area contributed by atoms with Crippen molar-refractivity contribution in [3.8, 4) is 0 Å². The summed E-state index contributed by atoms with van der Waals surface area (Å²) in [7, 11) is 1.66. The van der Waals surface area contributed by atoms with Gasteiger partial charge in [-0.3, -0.25) is 0 Å². The summed E-state index contributed by atoms with van der Waals surface area (Å²) in [6.45, 7) is 6.92. The number of hydrogen-bond donors (Lipinski definition) is 2. The van der Waals surface area contributed by atoms with Gasteiger partial charge in [-0.25, -0.2) is 14.7 Å². The molecule has 0 saturated carbocycles. The summed E-state index contributed by atoms with van der Waals surface area (Å²) in [6.07, 6.45) is 1.92. The number of methoxy groups -OCH3 is 1. The molecule has 0 bridgehead atoms. The molecule has 8 heteroatoms. The first kappa shape index (κ1) is 21.6. The van der Waals surface area contributed by atoms with E-state index in [4.69, 9.17) is 9.73 Å². The van der Waals surface area contributed by atoms with Gasteiger partial charge in [-0.1, -0.05) is 29.8 Å². The zero-order valence-electron chi connectivity index (χ0n) is 16.2. The smallest absolute Gasteiger partial charge is 0.191 e. The van der Waals surface area contributed by atoms with Crippen LogP contribution in [-0.2, 0) is 30.9 Å². The molecule has 1 unspecified atom stereocenters. The van der Waals surface area contributed by atoms with Crippen LogP contribution in [0.2, 0.25) is 0 Å². The van der Waals surface area contributed by atoms with E-state index in [1.807, 2.05) is 4.68 Å². The maximum absolute atomic E-state index is 5.13. The van der Waals surface area contributed by atoms with Crippen molar-refractivity contribution in [1.82, 2.24) is 25.4 Å². The van der Waals surface area contributed by atoms with E-state index in [1.54, 1.807) is 7.11 Å². The highest BCUT2D eigenvalue weighted by Gasteiger charge is 2.22. The molecule has 1 aromatic carbocycles. The van der Waals surface area contributed by atoms with Crippen LogP contribution >= 0.6 is 24.0 Å². The van der Waals surface area contributed by atoms with E-state index in [0.29, 0.717) is 13.2 Å². The highest BCUT2D eigenvalue weighted by molar-refractivity contribution is 14.0. The van der Waals surface area contributed by atoms with E-state index in [9.17, 15) is 0 Å². The fraction of sp³-hybridized carbons (Fsp3) is 0.526. The molecule has 1 atom stereocenters. The molecule has 2 aromatic rings. The normalized spacial score (nSPS) is 16.4. The van der Waals surface area contributed by atoms with E-state index >= 15 is 0 Å². The molecule has 1 aromatic heterocycles. The highest BCUT2D eigenvalue weighted by Crippen LogP contribution is 2.13. The van der Waals surface area contributed by atoms with Crippen molar-refractivity contribution in [2.75, 3.05) is 13.7 Å². The SMILES string of the molecule is CCNC(=NCc1ccc(C)cc1)NC1CCc2nc(COC)nn2C1.I. The summed E-state index contributed by atoms with van der Waals surface area (Å²) in [5, 5.41) is 11.4. The highest BCUT2D eigenvalue weighted by atomic mass is 127. The summed E-state index contributed by atoms with van der Waals surface area (Å²) in [6, 6.07) is 8.78. The quantitative estimate of drug-likeness (QED) is 0.374. The molecule has 0 fully saturated rings. The Morgan fingerprint density at radius 3 is 2.81 bits per heavy atom. The molecule has 1 aliphatic rings. The maximum atomic E-state index is 5.13. The van der Waals surface area contributed by atoms with Gasteiger partial charge >= 0.3 is 0 Å². The van der Waals surface area contributed by atoms with Crippen LogP contribution in [0.4, 0.5) is 0 Å². The molecule has 0 saturated heterocycles. The number of benzene rings is 1.